The molecule has 1 aromatic carbocycles. The number of benzene rings is 1. The minimum Gasteiger partial charge on any atom is -0.388 e. The summed E-state index contributed by atoms with van der Waals surface area (Å²) in [6, 6.07) is 6.95. The highest BCUT2D eigenvalue weighted by Gasteiger charge is 2.32. The second-order valence-electron chi connectivity index (χ2n) is 5.99. The van der Waals surface area contributed by atoms with E-state index in [1.165, 1.54) is 11.3 Å². The summed E-state index contributed by atoms with van der Waals surface area (Å²) in [4.78, 5) is 2.24. The molecule has 0 radical (unpaired) electrons. The SMILES string of the molecule is CC(C)NCc1ccc(N2CCC(C)(O)C2)c(Br)c1. The molecule has 1 aromatic rings. The van der Waals surface area contributed by atoms with E-state index in [0.29, 0.717) is 12.6 Å². The van der Waals surface area contributed by atoms with Crippen molar-refractivity contribution in [3.63, 3.8) is 0 Å². The molecule has 1 saturated heterocycles. The van der Waals surface area contributed by atoms with Crippen molar-refractivity contribution in [1.82, 2.24) is 5.32 Å². The van der Waals surface area contributed by atoms with Gasteiger partial charge < -0.3 is 15.3 Å². The Morgan fingerprint density at radius 3 is 2.74 bits per heavy atom. The molecule has 19 heavy (non-hydrogen) atoms. The van der Waals surface area contributed by atoms with Crippen LogP contribution in [0.15, 0.2) is 22.7 Å². The fraction of sp³-hybridized carbons (Fsp3) is 0.600. The lowest BCUT2D eigenvalue weighted by Crippen LogP contribution is -2.29. The highest BCUT2D eigenvalue weighted by atomic mass is 79.9. The first-order valence-electron chi connectivity index (χ1n) is 6.86. The smallest absolute Gasteiger partial charge is 0.0810 e. The Bertz CT molecular complexity index is 446. The van der Waals surface area contributed by atoms with Crippen molar-refractivity contribution in [3.05, 3.63) is 28.2 Å². The predicted molar refractivity (Wildman–Crippen MR) is 83.6 cm³/mol. The Morgan fingerprint density at radius 1 is 1.47 bits per heavy atom. The first-order valence-corrected chi connectivity index (χ1v) is 7.66. The van der Waals surface area contributed by atoms with Gasteiger partial charge in [-0.3, -0.25) is 0 Å². The van der Waals surface area contributed by atoms with Gasteiger partial charge in [0.05, 0.1) is 11.3 Å². The zero-order valence-corrected chi connectivity index (χ0v) is 13.5. The number of β-amino-alcohol motifs (C(OH)–C–C–N with tert-alkyl or cyclic N) is 1. The summed E-state index contributed by atoms with van der Waals surface area (Å²) in [5.41, 5.74) is 1.89. The monoisotopic (exact) mass is 326 g/mol. The van der Waals surface area contributed by atoms with Crippen molar-refractivity contribution in [3.8, 4) is 0 Å². The largest absolute Gasteiger partial charge is 0.388 e. The normalized spacial score (nSPS) is 23.4. The molecule has 1 unspecified atom stereocenters. The van der Waals surface area contributed by atoms with E-state index in [9.17, 15) is 5.11 Å². The van der Waals surface area contributed by atoms with Gasteiger partial charge in [0.2, 0.25) is 0 Å². The average molecular weight is 327 g/mol. The number of nitrogens with zero attached hydrogens (tertiary/aromatic N) is 1. The number of halogens is 1. The second-order valence-corrected chi connectivity index (χ2v) is 6.84. The van der Waals surface area contributed by atoms with E-state index >= 15 is 0 Å². The molecular formula is C15H23BrN2O. The van der Waals surface area contributed by atoms with E-state index in [4.69, 9.17) is 0 Å². The fourth-order valence-corrected chi connectivity index (χ4v) is 3.07. The minimum atomic E-state index is -0.558. The predicted octanol–water partition coefficient (Wildman–Crippen LogP) is 2.91. The van der Waals surface area contributed by atoms with Crippen molar-refractivity contribution in [2.45, 2.75) is 45.4 Å². The first-order chi connectivity index (χ1) is 8.87. The molecule has 1 heterocycles. The van der Waals surface area contributed by atoms with Crippen LogP contribution in [0.1, 0.15) is 32.8 Å². The van der Waals surface area contributed by atoms with Gasteiger partial charge in [0.25, 0.3) is 0 Å². The van der Waals surface area contributed by atoms with Crippen LogP contribution in [0.25, 0.3) is 0 Å². The van der Waals surface area contributed by atoms with Gasteiger partial charge in [0.1, 0.15) is 0 Å². The molecular weight excluding hydrogens is 304 g/mol. The summed E-state index contributed by atoms with van der Waals surface area (Å²) in [6.07, 6.45) is 0.829. The van der Waals surface area contributed by atoms with Gasteiger partial charge in [-0.1, -0.05) is 19.9 Å². The second kappa shape index (κ2) is 5.81. The molecule has 0 aromatic heterocycles. The highest BCUT2D eigenvalue weighted by molar-refractivity contribution is 9.10. The van der Waals surface area contributed by atoms with Crippen LogP contribution in [-0.4, -0.2) is 29.8 Å². The maximum atomic E-state index is 10.0. The third kappa shape index (κ3) is 3.94. The molecule has 0 spiro atoms. The molecule has 0 aliphatic carbocycles. The Balaban J connectivity index is 2.07. The number of hydrogen-bond donors (Lipinski definition) is 2. The van der Waals surface area contributed by atoms with E-state index in [-0.39, 0.29) is 0 Å². The van der Waals surface area contributed by atoms with Gasteiger partial charge in [-0.15, -0.1) is 0 Å². The Morgan fingerprint density at radius 2 is 2.21 bits per heavy atom. The molecule has 1 atom stereocenters. The van der Waals surface area contributed by atoms with E-state index in [1.807, 2.05) is 6.92 Å². The maximum Gasteiger partial charge on any atom is 0.0810 e. The van der Waals surface area contributed by atoms with Gasteiger partial charge in [-0.2, -0.15) is 0 Å². The summed E-state index contributed by atoms with van der Waals surface area (Å²) in [7, 11) is 0. The van der Waals surface area contributed by atoms with E-state index in [0.717, 1.165) is 24.0 Å². The van der Waals surface area contributed by atoms with Gasteiger partial charge >= 0.3 is 0 Å². The summed E-state index contributed by atoms with van der Waals surface area (Å²) in [6.45, 7) is 8.70. The van der Waals surface area contributed by atoms with Crippen LogP contribution in [-0.2, 0) is 6.54 Å². The highest BCUT2D eigenvalue weighted by Crippen LogP contribution is 2.32. The van der Waals surface area contributed by atoms with Crippen LogP contribution in [0.5, 0.6) is 0 Å². The van der Waals surface area contributed by atoms with Gasteiger partial charge in [0.15, 0.2) is 0 Å². The summed E-state index contributed by atoms with van der Waals surface area (Å²) < 4.78 is 1.10. The number of anilines is 1. The molecule has 2 N–H and O–H groups in total. The van der Waals surface area contributed by atoms with Crippen LogP contribution in [0.3, 0.4) is 0 Å². The van der Waals surface area contributed by atoms with Crippen molar-refractivity contribution >= 4 is 21.6 Å². The van der Waals surface area contributed by atoms with Crippen molar-refractivity contribution in [1.29, 1.82) is 0 Å². The van der Waals surface area contributed by atoms with Crippen molar-refractivity contribution in [2.24, 2.45) is 0 Å². The zero-order chi connectivity index (χ0) is 14.0. The Hall–Kier alpha value is -0.580. The van der Waals surface area contributed by atoms with Crippen molar-refractivity contribution in [2.75, 3.05) is 18.0 Å². The third-order valence-corrected chi connectivity index (χ3v) is 4.15. The fourth-order valence-electron chi connectivity index (χ4n) is 2.39. The van der Waals surface area contributed by atoms with Gasteiger partial charge in [-0.05, 0) is 47.0 Å². The summed E-state index contributed by atoms with van der Waals surface area (Å²) >= 11 is 3.65. The zero-order valence-electron chi connectivity index (χ0n) is 11.9. The molecule has 2 rings (SSSR count). The maximum absolute atomic E-state index is 10.0. The van der Waals surface area contributed by atoms with E-state index in [2.05, 4.69) is 58.2 Å². The number of nitrogens with one attached hydrogen (secondary N) is 1. The van der Waals surface area contributed by atoms with Crippen molar-refractivity contribution < 1.29 is 5.11 Å². The number of aliphatic hydroxyl groups is 1. The molecule has 1 aliphatic rings. The number of rotatable bonds is 4. The lowest BCUT2D eigenvalue weighted by molar-refractivity contribution is 0.0839. The molecule has 106 valence electrons. The molecule has 0 amide bonds. The molecule has 0 bridgehead atoms. The molecule has 1 aliphatic heterocycles. The van der Waals surface area contributed by atoms with Crippen LogP contribution < -0.4 is 10.2 Å². The molecule has 1 fully saturated rings. The van der Waals surface area contributed by atoms with Crippen LogP contribution >= 0.6 is 15.9 Å². The third-order valence-electron chi connectivity index (χ3n) is 3.52. The van der Waals surface area contributed by atoms with E-state index in [1.54, 1.807) is 0 Å². The summed E-state index contributed by atoms with van der Waals surface area (Å²) in [5, 5.41) is 13.5. The standard InChI is InChI=1S/C15H23BrN2O/c1-11(2)17-9-12-4-5-14(13(16)8-12)18-7-6-15(3,19)10-18/h4-5,8,11,17,19H,6-7,9-10H2,1-3H3. The van der Waals surface area contributed by atoms with Gasteiger partial charge in [0, 0.05) is 30.1 Å². The lowest BCUT2D eigenvalue weighted by Gasteiger charge is -2.22. The quantitative estimate of drug-likeness (QED) is 0.893. The van der Waals surface area contributed by atoms with Crippen LogP contribution in [0.2, 0.25) is 0 Å². The lowest BCUT2D eigenvalue weighted by atomic mass is 10.1. The first kappa shape index (κ1) is 14.8. The topological polar surface area (TPSA) is 35.5 Å². The Labute approximate surface area is 124 Å². The molecule has 3 nitrogen and oxygen atoms in total. The minimum absolute atomic E-state index is 0.493. The molecule has 0 saturated carbocycles. The van der Waals surface area contributed by atoms with Crippen LogP contribution in [0.4, 0.5) is 5.69 Å². The number of hydrogen-bond acceptors (Lipinski definition) is 3. The van der Waals surface area contributed by atoms with E-state index < -0.39 is 5.60 Å². The molecule has 4 heteroatoms. The van der Waals surface area contributed by atoms with Crippen LogP contribution in [0, 0.1) is 0 Å². The Kier molecular flexibility index (Phi) is 4.54. The summed E-state index contributed by atoms with van der Waals surface area (Å²) in [5.74, 6) is 0. The van der Waals surface area contributed by atoms with Gasteiger partial charge in [-0.25, -0.2) is 0 Å². The average Bonchev–Trinajstić information content (AvgIpc) is 2.67.